The van der Waals surface area contributed by atoms with Gasteiger partial charge in [0, 0.05) is 20.2 Å². The van der Waals surface area contributed by atoms with Gasteiger partial charge >= 0.3 is 0 Å². The van der Waals surface area contributed by atoms with Crippen LogP contribution in [0.5, 0.6) is 0 Å². The Morgan fingerprint density at radius 3 is 2.77 bits per heavy atom. The number of carbonyl (C=O) groups is 1. The minimum atomic E-state index is 0.0789. The molecule has 2 N–H and O–H groups in total. The molecule has 2 heterocycles. The normalized spacial score (nSPS) is 17.8. The highest BCUT2D eigenvalue weighted by molar-refractivity contribution is 5.77. The minimum absolute atomic E-state index is 0.0789. The van der Waals surface area contributed by atoms with Gasteiger partial charge in [-0.3, -0.25) is 4.79 Å². The summed E-state index contributed by atoms with van der Waals surface area (Å²) in [5, 5.41) is 6.49. The molecule has 1 unspecified atom stereocenters. The summed E-state index contributed by atoms with van der Waals surface area (Å²) in [5.74, 6) is 1.69. The summed E-state index contributed by atoms with van der Waals surface area (Å²) in [6.45, 7) is 1.90. The Balaban J connectivity index is 2.12. The topological polar surface area (TPSA) is 73.4 Å². The van der Waals surface area contributed by atoms with Crippen molar-refractivity contribution in [2.24, 2.45) is 0 Å². The Labute approximate surface area is 132 Å². The van der Waals surface area contributed by atoms with E-state index in [0.717, 1.165) is 36.7 Å². The van der Waals surface area contributed by atoms with Crippen LogP contribution in [-0.2, 0) is 11.3 Å². The molecule has 1 aromatic rings. The number of amides is 1. The fourth-order valence-electron chi connectivity index (χ4n) is 2.51. The Kier molecular flexibility index (Phi) is 5.68. The van der Waals surface area contributed by atoms with Crippen molar-refractivity contribution < 1.29 is 4.79 Å². The molecule has 7 heteroatoms. The zero-order chi connectivity index (χ0) is 16.1. The first-order chi connectivity index (χ1) is 10.5. The van der Waals surface area contributed by atoms with Crippen LogP contribution in [0.1, 0.15) is 30.4 Å². The maximum atomic E-state index is 12.1. The molecule has 1 aliphatic heterocycles. The number of nitrogens with one attached hydrogen (secondary N) is 2. The third-order valence-corrected chi connectivity index (χ3v) is 3.70. The summed E-state index contributed by atoms with van der Waals surface area (Å²) in [4.78, 5) is 24.8. The number of carbonyl (C=O) groups excluding carboxylic acids is 1. The van der Waals surface area contributed by atoms with E-state index in [1.807, 2.05) is 32.1 Å². The predicted octanol–water partition coefficient (Wildman–Crippen LogP) is 0.463. The number of likely N-dealkylation sites (N-methyl/N-ethyl adjacent to an activating group) is 2. The van der Waals surface area contributed by atoms with E-state index in [-0.39, 0.29) is 11.9 Å². The quantitative estimate of drug-likeness (QED) is 0.795. The smallest absolute Gasteiger partial charge is 0.236 e. The summed E-state index contributed by atoms with van der Waals surface area (Å²) < 4.78 is 0. The van der Waals surface area contributed by atoms with E-state index in [0.29, 0.717) is 13.1 Å². The van der Waals surface area contributed by atoms with Gasteiger partial charge in [0.1, 0.15) is 11.6 Å². The predicted molar refractivity (Wildman–Crippen MR) is 86.6 cm³/mol. The van der Waals surface area contributed by atoms with Crippen molar-refractivity contribution in [1.29, 1.82) is 0 Å². The molecule has 1 aliphatic rings. The molecule has 0 spiro atoms. The molecule has 22 heavy (non-hydrogen) atoms. The third kappa shape index (κ3) is 4.38. The van der Waals surface area contributed by atoms with Crippen LogP contribution in [0.25, 0.3) is 0 Å². The molecule has 1 saturated heterocycles. The van der Waals surface area contributed by atoms with Crippen LogP contribution in [0.15, 0.2) is 6.07 Å². The van der Waals surface area contributed by atoms with E-state index in [1.54, 1.807) is 11.9 Å². The number of hydrogen-bond donors (Lipinski definition) is 2. The SMILES string of the molecule is CNc1cc(CN(C)C(=O)CN(C)C)nc(C2CCCN2)n1. The zero-order valence-electron chi connectivity index (χ0n) is 13.9. The second-order valence-corrected chi connectivity index (χ2v) is 5.99. The molecule has 0 aliphatic carbocycles. The highest BCUT2D eigenvalue weighted by atomic mass is 16.2. The first-order valence-electron chi connectivity index (χ1n) is 7.67. The molecule has 7 nitrogen and oxygen atoms in total. The van der Waals surface area contributed by atoms with Crippen molar-refractivity contribution in [3.05, 3.63) is 17.6 Å². The largest absolute Gasteiger partial charge is 0.373 e. The Morgan fingerprint density at radius 2 is 2.18 bits per heavy atom. The fraction of sp³-hybridized carbons (Fsp3) is 0.667. The van der Waals surface area contributed by atoms with Crippen molar-refractivity contribution in [3.8, 4) is 0 Å². The lowest BCUT2D eigenvalue weighted by Crippen LogP contribution is -2.35. The van der Waals surface area contributed by atoms with Gasteiger partial charge in [-0.25, -0.2) is 9.97 Å². The van der Waals surface area contributed by atoms with Gasteiger partial charge in [0.05, 0.1) is 24.8 Å². The average molecular weight is 306 g/mol. The first kappa shape index (κ1) is 16.6. The summed E-state index contributed by atoms with van der Waals surface area (Å²) >= 11 is 0. The fourth-order valence-corrected chi connectivity index (χ4v) is 2.51. The number of aromatic nitrogens is 2. The van der Waals surface area contributed by atoms with Crippen molar-refractivity contribution >= 4 is 11.7 Å². The minimum Gasteiger partial charge on any atom is -0.373 e. The standard InChI is InChI=1S/C15H26N6O/c1-16-13-8-11(9-21(4)14(22)10-20(2)3)18-15(19-13)12-6-5-7-17-12/h8,12,17H,5-7,9-10H2,1-4H3,(H,16,18,19). The summed E-state index contributed by atoms with van der Waals surface area (Å²) in [6.07, 6.45) is 2.20. The molecule has 0 saturated carbocycles. The zero-order valence-corrected chi connectivity index (χ0v) is 13.9. The van der Waals surface area contributed by atoms with Gasteiger partial charge in [-0.1, -0.05) is 0 Å². The van der Waals surface area contributed by atoms with Gasteiger partial charge in [0.15, 0.2) is 0 Å². The van der Waals surface area contributed by atoms with Crippen LogP contribution in [0.4, 0.5) is 5.82 Å². The second kappa shape index (κ2) is 7.51. The average Bonchev–Trinajstić information content (AvgIpc) is 3.00. The van der Waals surface area contributed by atoms with Crippen molar-refractivity contribution in [2.45, 2.75) is 25.4 Å². The maximum absolute atomic E-state index is 12.1. The molecular weight excluding hydrogens is 280 g/mol. The van der Waals surface area contributed by atoms with E-state index in [4.69, 9.17) is 0 Å². The monoisotopic (exact) mass is 306 g/mol. The molecule has 1 aromatic heterocycles. The molecule has 1 fully saturated rings. The van der Waals surface area contributed by atoms with E-state index in [9.17, 15) is 4.79 Å². The molecule has 0 radical (unpaired) electrons. The summed E-state index contributed by atoms with van der Waals surface area (Å²) in [6, 6.07) is 2.12. The number of hydrogen-bond acceptors (Lipinski definition) is 6. The van der Waals surface area contributed by atoms with E-state index < -0.39 is 0 Å². The van der Waals surface area contributed by atoms with Gasteiger partial charge in [-0.05, 0) is 33.5 Å². The lowest BCUT2D eigenvalue weighted by Gasteiger charge is -2.20. The molecule has 1 amide bonds. The Bertz CT molecular complexity index is 513. The van der Waals surface area contributed by atoms with E-state index in [2.05, 4.69) is 20.6 Å². The third-order valence-electron chi connectivity index (χ3n) is 3.70. The molecule has 0 aromatic carbocycles. The van der Waals surface area contributed by atoms with Gasteiger partial charge < -0.3 is 20.4 Å². The maximum Gasteiger partial charge on any atom is 0.236 e. The van der Waals surface area contributed by atoms with Crippen LogP contribution < -0.4 is 10.6 Å². The first-order valence-corrected chi connectivity index (χ1v) is 7.67. The van der Waals surface area contributed by atoms with Crippen molar-refractivity contribution in [1.82, 2.24) is 25.1 Å². The van der Waals surface area contributed by atoms with Crippen molar-refractivity contribution in [3.63, 3.8) is 0 Å². The van der Waals surface area contributed by atoms with Crippen LogP contribution in [0.2, 0.25) is 0 Å². The lowest BCUT2D eigenvalue weighted by atomic mass is 10.2. The summed E-state index contributed by atoms with van der Waals surface area (Å²) in [7, 11) is 7.43. The number of rotatable bonds is 6. The number of anilines is 1. The molecule has 122 valence electrons. The molecular formula is C15H26N6O. The van der Waals surface area contributed by atoms with Crippen molar-refractivity contribution in [2.75, 3.05) is 46.6 Å². The number of nitrogens with zero attached hydrogens (tertiary/aromatic N) is 4. The van der Waals surface area contributed by atoms with E-state index in [1.165, 1.54) is 0 Å². The summed E-state index contributed by atoms with van der Waals surface area (Å²) in [5.41, 5.74) is 0.859. The van der Waals surface area contributed by atoms with Gasteiger partial charge in [0.25, 0.3) is 0 Å². The van der Waals surface area contributed by atoms with Crippen LogP contribution in [0, 0.1) is 0 Å². The van der Waals surface area contributed by atoms with Gasteiger partial charge in [-0.15, -0.1) is 0 Å². The van der Waals surface area contributed by atoms with Gasteiger partial charge in [-0.2, -0.15) is 0 Å². The molecule has 2 rings (SSSR count). The molecule has 0 bridgehead atoms. The lowest BCUT2D eigenvalue weighted by molar-refractivity contribution is -0.131. The Morgan fingerprint density at radius 1 is 1.41 bits per heavy atom. The highest BCUT2D eigenvalue weighted by Gasteiger charge is 2.20. The Hall–Kier alpha value is -1.73. The van der Waals surface area contributed by atoms with E-state index >= 15 is 0 Å². The second-order valence-electron chi connectivity index (χ2n) is 5.99. The molecule has 1 atom stereocenters. The van der Waals surface area contributed by atoms with Crippen LogP contribution >= 0.6 is 0 Å². The highest BCUT2D eigenvalue weighted by Crippen LogP contribution is 2.21. The van der Waals surface area contributed by atoms with Gasteiger partial charge in [0.2, 0.25) is 5.91 Å². The van der Waals surface area contributed by atoms with Crippen LogP contribution in [-0.4, -0.2) is 67.0 Å². The van der Waals surface area contributed by atoms with Crippen LogP contribution in [0.3, 0.4) is 0 Å².